The highest BCUT2D eigenvalue weighted by Gasteiger charge is 2.31. The smallest absolute Gasteiger partial charge is 0.416 e. The van der Waals surface area contributed by atoms with E-state index in [4.69, 9.17) is 11.6 Å². The van der Waals surface area contributed by atoms with Crippen molar-refractivity contribution >= 4 is 17.6 Å². The summed E-state index contributed by atoms with van der Waals surface area (Å²) in [7, 11) is 0. The van der Waals surface area contributed by atoms with E-state index in [0.29, 0.717) is 23.4 Å². The van der Waals surface area contributed by atoms with Gasteiger partial charge >= 0.3 is 12.1 Å². The van der Waals surface area contributed by atoms with Crippen molar-refractivity contribution in [2.24, 2.45) is 5.92 Å². The molecule has 0 bridgehead atoms. The van der Waals surface area contributed by atoms with Gasteiger partial charge in [0.2, 0.25) is 0 Å². The summed E-state index contributed by atoms with van der Waals surface area (Å²) in [5.74, 6) is -1.77. The van der Waals surface area contributed by atoms with Gasteiger partial charge in [-0.3, -0.25) is 4.79 Å². The minimum atomic E-state index is -4.48. The summed E-state index contributed by atoms with van der Waals surface area (Å²) in [6, 6.07) is 13.2. The topological polar surface area (TPSA) is 37.3 Å². The Morgan fingerprint density at radius 2 is 1.63 bits per heavy atom. The van der Waals surface area contributed by atoms with Crippen LogP contribution in [0.3, 0.4) is 0 Å². The highest BCUT2D eigenvalue weighted by Crippen LogP contribution is 2.31. The zero-order valence-corrected chi connectivity index (χ0v) is 21.0. The highest BCUT2D eigenvalue weighted by molar-refractivity contribution is 6.30. The first-order valence-corrected chi connectivity index (χ1v) is 12.0. The summed E-state index contributed by atoms with van der Waals surface area (Å²) in [6.07, 6.45) is 1.96. The molecular weight excluding hydrogens is 473 g/mol. The minimum Gasteiger partial charge on any atom is -0.481 e. The summed E-state index contributed by atoms with van der Waals surface area (Å²) >= 11 is 5.97. The molecule has 0 aliphatic carbocycles. The maximum Gasteiger partial charge on any atom is 0.416 e. The monoisotopic (exact) mass is 504 g/mol. The molecule has 0 saturated heterocycles. The largest absolute Gasteiger partial charge is 0.481 e. The first-order chi connectivity index (χ1) is 16.4. The molecule has 2 nitrogen and oxygen atoms in total. The molecule has 2 atom stereocenters. The number of carbonyl (C=O) groups is 1. The zero-order chi connectivity index (χ0) is 26.2. The lowest BCUT2D eigenvalue weighted by molar-refractivity contribution is -0.139. The second-order valence-electron chi connectivity index (χ2n) is 9.16. The Bertz CT molecular complexity index is 1070. The van der Waals surface area contributed by atoms with E-state index in [9.17, 15) is 23.1 Å². The van der Waals surface area contributed by atoms with Gasteiger partial charge in [0, 0.05) is 5.02 Å². The van der Waals surface area contributed by atoms with Crippen molar-refractivity contribution in [2.75, 3.05) is 0 Å². The maximum atomic E-state index is 13.2. The van der Waals surface area contributed by atoms with Crippen LogP contribution in [-0.4, -0.2) is 17.3 Å². The number of rotatable bonds is 11. The Balaban J connectivity index is 2.43. The van der Waals surface area contributed by atoms with Crippen LogP contribution in [0, 0.1) is 5.92 Å². The Kier molecular flexibility index (Phi) is 10.4. The molecule has 0 fully saturated rings. The molecular formula is C29H32ClF3O2. The van der Waals surface area contributed by atoms with E-state index in [2.05, 4.69) is 6.58 Å². The van der Waals surface area contributed by atoms with E-state index >= 15 is 0 Å². The fourth-order valence-corrected chi connectivity index (χ4v) is 4.00. The molecule has 2 aromatic carbocycles. The first kappa shape index (κ1) is 28.4. The SMILES string of the molecule is C=C/C=C(\C=C/C(C)c1cc(CCc2ccc(Cl)cc2)cc(C(CC(C)C)C(=O)O)c1)C(F)(F)F. The van der Waals surface area contributed by atoms with Gasteiger partial charge in [-0.15, -0.1) is 0 Å². The van der Waals surface area contributed by atoms with Crippen molar-refractivity contribution in [1.29, 1.82) is 0 Å². The number of carboxylic acids is 1. The average molecular weight is 505 g/mol. The Labute approximate surface area is 210 Å². The Morgan fingerprint density at radius 1 is 1.03 bits per heavy atom. The lowest BCUT2D eigenvalue weighted by Crippen LogP contribution is -2.15. The van der Waals surface area contributed by atoms with Crippen LogP contribution in [0.4, 0.5) is 13.2 Å². The minimum absolute atomic E-state index is 0.174. The van der Waals surface area contributed by atoms with Crippen LogP contribution >= 0.6 is 11.6 Å². The third-order valence-corrected chi connectivity index (χ3v) is 6.03. The van der Waals surface area contributed by atoms with Gasteiger partial charge in [0.1, 0.15) is 0 Å². The first-order valence-electron chi connectivity index (χ1n) is 11.6. The van der Waals surface area contributed by atoms with E-state index in [1.807, 2.05) is 56.3 Å². The van der Waals surface area contributed by atoms with Crippen molar-refractivity contribution in [2.45, 2.75) is 58.0 Å². The fraction of sp³-hybridized carbons (Fsp3) is 0.345. The van der Waals surface area contributed by atoms with Crippen molar-refractivity contribution in [3.8, 4) is 0 Å². The van der Waals surface area contributed by atoms with Gasteiger partial charge in [0.25, 0.3) is 0 Å². The van der Waals surface area contributed by atoms with E-state index in [-0.39, 0.29) is 11.8 Å². The molecule has 0 radical (unpaired) electrons. The standard InChI is InChI=1S/C29H32ClF3O2/c1-5-6-25(29(31,32)33)12-7-20(4)23-16-22(9-8-21-10-13-26(30)14-11-21)17-24(18-23)27(28(34)35)15-19(2)3/h5-7,10-14,16-20,27H,1,8-9,15H2,2-4H3,(H,34,35)/b12-7-,25-6+. The third-order valence-electron chi connectivity index (χ3n) is 5.78. The number of halogens is 4. The van der Waals surface area contributed by atoms with E-state index in [1.165, 1.54) is 6.08 Å². The van der Waals surface area contributed by atoms with E-state index in [1.54, 1.807) is 6.92 Å². The van der Waals surface area contributed by atoms with Gasteiger partial charge < -0.3 is 5.11 Å². The lowest BCUT2D eigenvalue weighted by atomic mass is 9.85. The highest BCUT2D eigenvalue weighted by atomic mass is 35.5. The molecule has 2 rings (SSSR count). The molecule has 0 aliphatic rings. The van der Waals surface area contributed by atoms with E-state index in [0.717, 1.165) is 41.3 Å². The molecule has 0 aliphatic heterocycles. The number of allylic oxidation sites excluding steroid dienone is 5. The number of hydrogen-bond acceptors (Lipinski definition) is 1. The van der Waals surface area contributed by atoms with Crippen LogP contribution in [0.5, 0.6) is 0 Å². The molecule has 1 N–H and O–H groups in total. The van der Waals surface area contributed by atoms with Crippen molar-refractivity contribution in [3.05, 3.63) is 106 Å². The molecule has 0 amide bonds. The zero-order valence-electron chi connectivity index (χ0n) is 20.3. The van der Waals surface area contributed by atoms with Crippen LogP contribution in [0.15, 0.2) is 78.9 Å². The third kappa shape index (κ3) is 9.06. The van der Waals surface area contributed by atoms with Crippen LogP contribution in [0.2, 0.25) is 5.02 Å². The van der Waals surface area contributed by atoms with Gasteiger partial charge in [0.05, 0.1) is 11.5 Å². The second-order valence-corrected chi connectivity index (χ2v) is 9.59. The van der Waals surface area contributed by atoms with Crippen molar-refractivity contribution in [3.63, 3.8) is 0 Å². The predicted octanol–water partition coefficient (Wildman–Crippen LogP) is 8.67. The summed E-state index contributed by atoms with van der Waals surface area (Å²) < 4.78 is 39.7. The number of aliphatic carboxylic acids is 1. The molecule has 188 valence electrons. The summed E-state index contributed by atoms with van der Waals surface area (Å²) in [5.41, 5.74) is 2.70. The number of aryl methyl sites for hydroxylation is 2. The van der Waals surface area contributed by atoms with Gasteiger partial charge in [-0.25, -0.2) is 0 Å². The van der Waals surface area contributed by atoms with Gasteiger partial charge in [-0.05, 0) is 65.5 Å². The summed E-state index contributed by atoms with van der Waals surface area (Å²) in [5, 5.41) is 10.5. The lowest BCUT2D eigenvalue weighted by Gasteiger charge is -2.19. The van der Waals surface area contributed by atoms with Gasteiger partial charge in [-0.1, -0.05) is 93.6 Å². The number of carboxylic acid groups (broad SMARTS) is 1. The number of hydrogen-bond donors (Lipinski definition) is 1. The Hall–Kier alpha value is -2.79. The van der Waals surface area contributed by atoms with Crippen LogP contribution in [-0.2, 0) is 17.6 Å². The summed E-state index contributed by atoms with van der Waals surface area (Å²) in [4.78, 5) is 12.1. The fourth-order valence-electron chi connectivity index (χ4n) is 3.88. The van der Waals surface area contributed by atoms with Gasteiger partial charge in [0.15, 0.2) is 0 Å². The van der Waals surface area contributed by atoms with Crippen LogP contribution in [0.1, 0.15) is 61.3 Å². The van der Waals surface area contributed by atoms with Crippen molar-refractivity contribution < 1.29 is 23.1 Å². The molecule has 0 heterocycles. The molecule has 0 spiro atoms. The number of benzene rings is 2. The van der Waals surface area contributed by atoms with Crippen molar-refractivity contribution in [1.82, 2.24) is 0 Å². The normalized spacial score (nSPS) is 14.3. The quantitative estimate of drug-likeness (QED) is 0.311. The van der Waals surface area contributed by atoms with E-state index < -0.39 is 23.6 Å². The second kappa shape index (κ2) is 12.8. The molecule has 0 saturated carbocycles. The van der Waals surface area contributed by atoms with Gasteiger partial charge in [-0.2, -0.15) is 13.2 Å². The van der Waals surface area contributed by atoms with Crippen LogP contribution < -0.4 is 0 Å². The molecule has 6 heteroatoms. The average Bonchev–Trinajstić information content (AvgIpc) is 2.78. The maximum absolute atomic E-state index is 13.2. The predicted molar refractivity (Wildman–Crippen MR) is 137 cm³/mol. The summed E-state index contributed by atoms with van der Waals surface area (Å²) in [6.45, 7) is 9.10. The molecule has 35 heavy (non-hydrogen) atoms. The Morgan fingerprint density at radius 3 is 2.17 bits per heavy atom. The number of alkyl halides is 3. The molecule has 0 aromatic heterocycles. The molecule has 2 unspecified atom stereocenters. The van der Waals surface area contributed by atoms with Crippen LogP contribution in [0.25, 0.3) is 0 Å². The molecule has 2 aromatic rings.